The first kappa shape index (κ1) is 5.87. The van der Waals surface area contributed by atoms with Gasteiger partial charge < -0.3 is 15.2 Å². The summed E-state index contributed by atoms with van der Waals surface area (Å²) in [5.41, 5.74) is 4.76. The van der Waals surface area contributed by atoms with Gasteiger partial charge in [0.1, 0.15) is 6.61 Å². The third kappa shape index (κ3) is 1.10. The minimum atomic E-state index is -0.891. The number of nitrogens with two attached hydrogens (primary N) is 1. The van der Waals surface area contributed by atoms with E-state index in [0.717, 1.165) is 0 Å². The molecule has 50 valence electrons. The monoisotopic (exact) mass is 131 g/mol. The van der Waals surface area contributed by atoms with Crippen molar-refractivity contribution >= 4 is 12.1 Å². The average molecular weight is 131 g/mol. The highest BCUT2D eigenvalue weighted by atomic mass is 16.8. The van der Waals surface area contributed by atoms with E-state index < -0.39 is 18.2 Å². The van der Waals surface area contributed by atoms with Gasteiger partial charge in [0.25, 0.3) is 5.91 Å². The Morgan fingerprint density at radius 2 is 2.44 bits per heavy atom. The summed E-state index contributed by atoms with van der Waals surface area (Å²) in [5.74, 6) is -0.680. The molecule has 1 heterocycles. The van der Waals surface area contributed by atoms with Crippen molar-refractivity contribution in [2.24, 2.45) is 5.73 Å². The number of amides is 1. The van der Waals surface area contributed by atoms with Crippen molar-refractivity contribution in [2.45, 2.75) is 6.10 Å². The van der Waals surface area contributed by atoms with E-state index in [1.807, 2.05) is 0 Å². The molecule has 0 bridgehead atoms. The first-order valence-corrected chi connectivity index (χ1v) is 2.33. The van der Waals surface area contributed by atoms with Gasteiger partial charge in [0.05, 0.1) is 0 Å². The summed E-state index contributed by atoms with van der Waals surface area (Å²) >= 11 is 0. The first-order chi connectivity index (χ1) is 4.20. The van der Waals surface area contributed by atoms with E-state index in [2.05, 4.69) is 9.47 Å². The molecule has 1 rings (SSSR count). The third-order valence-corrected chi connectivity index (χ3v) is 0.908. The van der Waals surface area contributed by atoms with Crippen LogP contribution < -0.4 is 5.73 Å². The molecule has 2 N–H and O–H groups in total. The van der Waals surface area contributed by atoms with Crippen LogP contribution in [0, 0.1) is 0 Å². The number of ether oxygens (including phenoxy) is 2. The largest absolute Gasteiger partial charge is 0.509 e. The van der Waals surface area contributed by atoms with Crippen LogP contribution in [0.5, 0.6) is 0 Å². The van der Waals surface area contributed by atoms with E-state index in [-0.39, 0.29) is 6.61 Å². The number of primary amides is 1. The number of hydrogen-bond acceptors (Lipinski definition) is 4. The molecule has 0 radical (unpaired) electrons. The molecular weight excluding hydrogens is 126 g/mol. The molecule has 0 saturated carbocycles. The summed E-state index contributed by atoms with van der Waals surface area (Å²) in [5, 5.41) is 0. The van der Waals surface area contributed by atoms with Crippen molar-refractivity contribution in [1.29, 1.82) is 0 Å². The topological polar surface area (TPSA) is 78.6 Å². The molecular formula is C4H5NO4. The van der Waals surface area contributed by atoms with Crippen LogP contribution in [0.4, 0.5) is 4.79 Å². The van der Waals surface area contributed by atoms with Crippen LogP contribution in [0.3, 0.4) is 0 Å². The zero-order chi connectivity index (χ0) is 6.85. The molecule has 0 aromatic carbocycles. The molecule has 5 heteroatoms. The van der Waals surface area contributed by atoms with E-state index in [1.54, 1.807) is 0 Å². The molecule has 1 fully saturated rings. The van der Waals surface area contributed by atoms with Crippen LogP contribution in [-0.4, -0.2) is 24.8 Å². The quantitative estimate of drug-likeness (QED) is 0.463. The molecule has 0 aromatic rings. The first-order valence-electron chi connectivity index (χ1n) is 2.33. The standard InChI is InChI=1S/C4H5NO4/c5-3(6)2-1-8-4(7)9-2/h2H,1H2,(H2,5,6). The van der Waals surface area contributed by atoms with Gasteiger partial charge in [0.2, 0.25) is 6.10 Å². The van der Waals surface area contributed by atoms with Gasteiger partial charge >= 0.3 is 6.16 Å². The van der Waals surface area contributed by atoms with Crippen LogP contribution >= 0.6 is 0 Å². The number of carbonyl (C=O) groups excluding carboxylic acids is 2. The van der Waals surface area contributed by atoms with Crippen LogP contribution in [-0.2, 0) is 14.3 Å². The smallest absolute Gasteiger partial charge is 0.430 e. The number of carbonyl (C=O) groups is 2. The Kier molecular flexibility index (Phi) is 1.26. The molecule has 5 nitrogen and oxygen atoms in total. The van der Waals surface area contributed by atoms with Gasteiger partial charge in [-0.2, -0.15) is 0 Å². The number of hydrogen-bond donors (Lipinski definition) is 1. The predicted octanol–water partition coefficient (Wildman–Crippen LogP) is -0.993. The van der Waals surface area contributed by atoms with Crippen LogP contribution in [0.2, 0.25) is 0 Å². The SMILES string of the molecule is NC(=O)C1COC(=O)O1. The van der Waals surface area contributed by atoms with Gasteiger partial charge in [-0.1, -0.05) is 0 Å². The van der Waals surface area contributed by atoms with Gasteiger partial charge in [0.15, 0.2) is 0 Å². The van der Waals surface area contributed by atoms with Crippen molar-refractivity contribution in [3.05, 3.63) is 0 Å². The zero-order valence-corrected chi connectivity index (χ0v) is 4.49. The molecule has 1 amide bonds. The van der Waals surface area contributed by atoms with Crippen molar-refractivity contribution in [1.82, 2.24) is 0 Å². The van der Waals surface area contributed by atoms with Crippen LogP contribution in [0.25, 0.3) is 0 Å². The number of cyclic esters (lactones) is 2. The second-order valence-electron chi connectivity index (χ2n) is 1.57. The minimum Gasteiger partial charge on any atom is -0.430 e. The fraction of sp³-hybridized carbons (Fsp3) is 0.500. The maximum Gasteiger partial charge on any atom is 0.509 e. The van der Waals surface area contributed by atoms with E-state index in [9.17, 15) is 9.59 Å². The molecule has 9 heavy (non-hydrogen) atoms. The molecule has 1 unspecified atom stereocenters. The summed E-state index contributed by atoms with van der Waals surface area (Å²) in [7, 11) is 0. The third-order valence-electron chi connectivity index (χ3n) is 0.908. The second kappa shape index (κ2) is 1.93. The van der Waals surface area contributed by atoms with Crippen LogP contribution in [0.1, 0.15) is 0 Å². The Morgan fingerprint density at radius 1 is 1.78 bits per heavy atom. The van der Waals surface area contributed by atoms with Gasteiger partial charge in [0, 0.05) is 0 Å². The molecule has 0 spiro atoms. The summed E-state index contributed by atoms with van der Waals surface area (Å²) in [6.07, 6.45) is -1.73. The molecule has 1 atom stereocenters. The number of rotatable bonds is 1. The average Bonchev–Trinajstić information content (AvgIpc) is 2.14. The Morgan fingerprint density at radius 3 is 2.67 bits per heavy atom. The fourth-order valence-corrected chi connectivity index (χ4v) is 0.468. The summed E-state index contributed by atoms with van der Waals surface area (Å²) in [6, 6.07) is 0. The lowest BCUT2D eigenvalue weighted by molar-refractivity contribution is -0.124. The van der Waals surface area contributed by atoms with Crippen molar-refractivity contribution in [2.75, 3.05) is 6.61 Å². The Bertz CT molecular complexity index is 155. The highest BCUT2D eigenvalue weighted by Gasteiger charge is 2.29. The van der Waals surface area contributed by atoms with Crippen molar-refractivity contribution in [3.63, 3.8) is 0 Å². The summed E-state index contributed by atoms with van der Waals surface area (Å²) < 4.78 is 8.55. The lowest BCUT2D eigenvalue weighted by Gasteiger charge is -1.96. The second-order valence-corrected chi connectivity index (χ2v) is 1.57. The normalized spacial score (nSPS) is 24.9. The fourth-order valence-electron chi connectivity index (χ4n) is 0.468. The summed E-state index contributed by atoms with van der Waals surface area (Å²) in [4.78, 5) is 20.3. The van der Waals surface area contributed by atoms with E-state index in [4.69, 9.17) is 5.73 Å². The summed E-state index contributed by atoms with van der Waals surface area (Å²) in [6.45, 7) is -0.0613. The van der Waals surface area contributed by atoms with Gasteiger partial charge in [-0.15, -0.1) is 0 Å². The predicted molar refractivity (Wildman–Crippen MR) is 25.4 cm³/mol. The van der Waals surface area contributed by atoms with Gasteiger partial charge in [-0.3, -0.25) is 4.79 Å². The Hall–Kier alpha value is -1.26. The lowest BCUT2D eigenvalue weighted by Crippen LogP contribution is -2.30. The van der Waals surface area contributed by atoms with Crippen molar-refractivity contribution < 1.29 is 19.1 Å². The highest BCUT2D eigenvalue weighted by Crippen LogP contribution is 2.03. The zero-order valence-electron chi connectivity index (χ0n) is 4.49. The molecule has 0 aliphatic carbocycles. The molecule has 1 aliphatic rings. The van der Waals surface area contributed by atoms with E-state index in [0.29, 0.717) is 0 Å². The van der Waals surface area contributed by atoms with Crippen LogP contribution in [0.15, 0.2) is 0 Å². The highest BCUT2D eigenvalue weighted by molar-refractivity contribution is 5.82. The Labute approximate surface area is 50.7 Å². The van der Waals surface area contributed by atoms with Gasteiger partial charge in [-0.25, -0.2) is 4.79 Å². The molecule has 1 aliphatic heterocycles. The lowest BCUT2D eigenvalue weighted by atomic mass is 10.4. The van der Waals surface area contributed by atoms with E-state index >= 15 is 0 Å². The van der Waals surface area contributed by atoms with E-state index in [1.165, 1.54) is 0 Å². The van der Waals surface area contributed by atoms with Crippen molar-refractivity contribution in [3.8, 4) is 0 Å². The molecule has 0 aromatic heterocycles. The minimum absolute atomic E-state index is 0.0613. The van der Waals surface area contributed by atoms with Gasteiger partial charge in [-0.05, 0) is 0 Å². The Balaban J connectivity index is 2.48. The maximum absolute atomic E-state index is 10.2. The maximum atomic E-state index is 10.2. The molecule has 1 saturated heterocycles.